The van der Waals surface area contributed by atoms with Gasteiger partial charge < -0.3 is 4.74 Å². The van der Waals surface area contributed by atoms with Crippen molar-refractivity contribution >= 4 is 41.0 Å². The van der Waals surface area contributed by atoms with Crippen LogP contribution in [0.15, 0.2) is 23.7 Å². The minimum Gasteiger partial charge on any atom is -0.451 e. The van der Waals surface area contributed by atoms with Crippen LogP contribution in [0.1, 0.15) is 4.88 Å². The molecule has 6 heteroatoms. The molecule has 0 amide bonds. The molecule has 87 valence electrons. The second-order valence-electron chi connectivity index (χ2n) is 3.12. The van der Waals surface area contributed by atoms with Crippen LogP contribution in [0.2, 0.25) is 10.0 Å². The maximum Gasteiger partial charge on any atom is 0.417 e. The number of aromatic nitrogens is 1. The van der Waals surface area contributed by atoms with E-state index in [-0.39, 0.29) is 6.61 Å². The van der Waals surface area contributed by atoms with Gasteiger partial charge in [0.2, 0.25) is 0 Å². The highest BCUT2D eigenvalue weighted by Crippen LogP contribution is 2.33. The Hall–Kier alpha value is -1.10. The van der Waals surface area contributed by atoms with E-state index in [9.17, 15) is 4.79 Å². The molecule has 0 saturated heterocycles. The molecule has 17 heavy (non-hydrogen) atoms. The van der Waals surface area contributed by atoms with Gasteiger partial charge in [-0.15, -0.1) is 11.3 Å². The van der Waals surface area contributed by atoms with Crippen molar-refractivity contribution in [3.05, 3.63) is 38.6 Å². The summed E-state index contributed by atoms with van der Waals surface area (Å²) in [4.78, 5) is 15.1. The van der Waals surface area contributed by atoms with E-state index in [1.54, 1.807) is 23.7 Å². The Morgan fingerprint density at radius 1 is 1.41 bits per heavy atom. The molecular formula is C11H6Cl2NO2S. The Balaban J connectivity index is 2.42. The largest absolute Gasteiger partial charge is 0.451 e. The zero-order chi connectivity index (χ0) is 12.3. The van der Waals surface area contributed by atoms with E-state index in [2.05, 4.69) is 9.72 Å². The molecule has 2 rings (SSSR count). The molecule has 1 heterocycles. The van der Waals surface area contributed by atoms with E-state index < -0.39 is 0 Å². The van der Waals surface area contributed by atoms with E-state index in [0.717, 1.165) is 10.4 Å². The highest BCUT2D eigenvalue weighted by Gasteiger charge is 2.13. The summed E-state index contributed by atoms with van der Waals surface area (Å²) in [7, 11) is 0. The van der Waals surface area contributed by atoms with E-state index in [4.69, 9.17) is 23.2 Å². The van der Waals surface area contributed by atoms with Crippen molar-refractivity contribution in [2.24, 2.45) is 0 Å². The van der Waals surface area contributed by atoms with Gasteiger partial charge >= 0.3 is 6.47 Å². The number of thiazole rings is 1. The predicted octanol–water partition coefficient (Wildman–Crippen LogP) is 3.70. The van der Waals surface area contributed by atoms with Crippen molar-refractivity contribution in [2.45, 2.75) is 6.61 Å². The number of nitrogens with zero attached hydrogens (tertiary/aromatic N) is 1. The number of carbonyl (C=O) groups excluding carboxylic acids is 1. The van der Waals surface area contributed by atoms with Crippen molar-refractivity contribution in [1.82, 2.24) is 4.98 Å². The van der Waals surface area contributed by atoms with Crippen molar-refractivity contribution in [3.63, 3.8) is 0 Å². The number of benzene rings is 1. The van der Waals surface area contributed by atoms with Crippen molar-refractivity contribution in [3.8, 4) is 11.3 Å². The summed E-state index contributed by atoms with van der Waals surface area (Å²) in [6.07, 6.45) is 0. The lowest BCUT2D eigenvalue weighted by Crippen LogP contribution is -1.91. The number of hydrogen-bond donors (Lipinski definition) is 0. The fourth-order valence-corrected chi connectivity index (χ4v) is 2.43. The summed E-state index contributed by atoms with van der Waals surface area (Å²) in [5.41, 5.74) is 3.07. The van der Waals surface area contributed by atoms with E-state index >= 15 is 0 Å². The molecular weight excluding hydrogens is 281 g/mol. The summed E-state index contributed by atoms with van der Waals surface area (Å²) in [6, 6.07) is 5.14. The molecule has 0 aliphatic carbocycles. The van der Waals surface area contributed by atoms with Crippen LogP contribution in [-0.2, 0) is 16.1 Å². The third-order valence-electron chi connectivity index (χ3n) is 2.09. The Morgan fingerprint density at radius 2 is 2.24 bits per heavy atom. The molecule has 0 saturated carbocycles. The molecule has 3 nitrogen and oxygen atoms in total. The first kappa shape index (κ1) is 12.4. The first-order valence-corrected chi connectivity index (χ1v) is 6.22. The van der Waals surface area contributed by atoms with Crippen LogP contribution in [0.4, 0.5) is 0 Å². The number of rotatable bonds is 4. The lowest BCUT2D eigenvalue weighted by atomic mass is 10.1. The zero-order valence-corrected chi connectivity index (χ0v) is 10.8. The van der Waals surface area contributed by atoms with Gasteiger partial charge in [-0.1, -0.05) is 23.2 Å². The Bertz CT molecular complexity index is 542. The summed E-state index contributed by atoms with van der Waals surface area (Å²) < 4.78 is 4.60. The number of ether oxygens (including phenoxy) is 1. The minimum absolute atomic E-state index is 0.131. The van der Waals surface area contributed by atoms with Crippen LogP contribution in [0.3, 0.4) is 0 Å². The standard InChI is InChI=1S/C11H6Cl2NO2S/c12-7-1-2-9(13)8(3-7)11-10(4-16-6-15)17-5-14-11/h1-3,5H,4H2. The molecule has 0 aliphatic heterocycles. The van der Waals surface area contributed by atoms with Gasteiger partial charge in [0, 0.05) is 10.6 Å². The highest BCUT2D eigenvalue weighted by atomic mass is 35.5. The Morgan fingerprint density at radius 3 is 3.00 bits per heavy atom. The summed E-state index contributed by atoms with van der Waals surface area (Å²) >= 11 is 13.4. The molecule has 0 unspecified atom stereocenters. The second kappa shape index (κ2) is 5.49. The normalized spacial score (nSPS) is 10.2. The maximum absolute atomic E-state index is 10.1. The molecule has 0 N–H and O–H groups in total. The van der Waals surface area contributed by atoms with Crippen molar-refractivity contribution in [2.75, 3.05) is 0 Å². The smallest absolute Gasteiger partial charge is 0.417 e. The molecule has 0 atom stereocenters. The van der Waals surface area contributed by atoms with Gasteiger partial charge in [-0.25, -0.2) is 9.78 Å². The molecule has 0 bridgehead atoms. The van der Waals surface area contributed by atoms with Crippen LogP contribution >= 0.6 is 34.5 Å². The van der Waals surface area contributed by atoms with Gasteiger partial charge in [-0.2, -0.15) is 0 Å². The molecule has 0 fully saturated rings. The van der Waals surface area contributed by atoms with Crippen molar-refractivity contribution < 1.29 is 9.53 Å². The first-order chi connectivity index (χ1) is 8.22. The maximum atomic E-state index is 10.1. The van der Waals surface area contributed by atoms with Gasteiger partial charge in [0.05, 0.1) is 21.1 Å². The van der Waals surface area contributed by atoms with Crippen LogP contribution in [0.5, 0.6) is 0 Å². The lowest BCUT2D eigenvalue weighted by Gasteiger charge is -2.04. The lowest BCUT2D eigenvalue weighted by molar-refractivity contribution is 0.270. The number of halogens is 2. The van der Waals surface area contributed by atoms with Gasteiger partial charge in [0.15, 0.2) is 0 Å². The molecule has 1 aromatic carbocycles. The van der Waals surface area contributed by atoms with Crippen LogP contribution < -0.4 is 0 Å². The molecule has 0 spiro atoms. The fourth-order valence-electron chi connectivity index (χ4n) is 1.37. The number of hydrogen-bond acceptors (Lipinski definition) is 4. The van der Waals surface area contributed by atoms with E-state index in [0.29, 0.717) is 15.7 Å². The van der Waals surface area contributed by atoms with Crippen molar-refractivity contribution in [1.29, 1.82) is 0 Å². The van der Waals surface area contributed by atoms with Gasteiger partial charge in [-0.05, 0) is 18.2 Å². The first-order valence-electron chi connectivity index (χ1n) is 4.59. The van der Waals surface area contributed by atoms with E-state index in [1.807, 2.05) is 0 Å². The zero-order valence-electron chi connectivity index (χ0n) is 8.44. The molecule has 1 aromatic heterocycles. The summed E-state index contributed by atoms with van der Waals surface area (Å²) in [5, 5.41) is 1.13. The molecule has 1 radical (unpaired) electrons. The average molecular weight is 287 g/mol. The topological polar surface area (TPSA) is 39.2 Å². The van der Waals surface area contributed by atoms with Gasteiger partial charge in [0.25, 0.3) is 0 Å². The average Bonchev–Trinajstić information content (AvgIpc) is 2.77. The molecule has 0 aliphatic rings. The predicted molar refractivity (Wildman–Crippen MR) is 68.1 cm³/mol. The quantitative estimate of drug-likeness (QED) is 0.860. The third kappa shape index (κ3) is 2.77. The SMILES string of the molecule is O=[C]OCc1scnc1-c1cc(Cl)ccc1Cl. The monoisotopic (exact) mass is 286 g/mol. The summed E-state index contributed by atoms with van der Waals surface area (Å²) in [6.45, 7) is 1.51. The van der Waals surface area contributed by atoms with Crippen LogP contribution in [-0.4, -0.2) is 11.5 Å². The summed E-state index contributed by atoms with van der Waals surface area (Å²) in [5.74, 6) is 0. The highest BCUT2D eigenvalue weighted by molar-refractivity contribution is 7.10. The van der Waals surface area contributed by atoms with E-state index in [1.165, 1.54) is 17.8 Å². The van der Waals surface area contributed by atoms with Gasteiger partial charge in [0.1, 0.15) is 6.61 Å². The van der Waals surface area contributed by atoms with Gasteiger partial charge in [-0.3, -0.25) is 0 Å². The Kier molecular flexibility index (Phi) is 3.99. The fraction of sp³-hybridized carbons (Fsp3) is 0.0909. The third-order valence-corrected chi connectivity index (χ3v) is 3.46. The Labute approximate surface area is 112 Å². The minimum atomic E-state index is 0.131. The second-order valence-corrected chi connectivity index (χ2v) is 4.90. The molecule has 2 aromatic rings. The van der Waals surface area contributed by atoms with Crippen LogP contribution in [0.25, 0.3) is 11.3 Å². The van der Waals surface area contributed by atoms with Crippen LogP contribution in [0, 0.1) is 0 Å².